The molecule has 1 aliphatic carbocycles. The van der Waals surface area contributed by atoms with E-state index in [1.54, 1.807) is 0 Å². The van der Waals surface area contributed by atoms with Gasteiger partial charge in [-0.25, -0.2) is 0 Å². The van der Waals surface area contributed by atoms with Crippen LogP contribution in [0.4, 0.5) is 0 Å². The molecule has 1 saturated heterocycles. The molecule has 112 valence electrons. The largest absolute Gasteiger partial charge is 0.377 e. The molecule has 0 aromatic heterocycles. The molecule has 0 aromatic rings. The van der Waals surface area contributed by atoms with Crippen molar-refractivity contribution in [3.05, 3.63) is 0 Å². The van der Waals surface area contributed by atoms with Crippen molar-refractivity contribution in [2.45, 2.75) is 44.8 Å². The van der Waals surface area contributed by atoms with Gasteiger partial charge in [0.2, 0.25) is 0 Å². The average Bonchev–Trinajstić information content (AvgIpc) is 2.40. The van der Waals surface area contributed by atoms with E-state index in [1.807, 2.05) is 0 Å². The van der Waals surface area contributed by atoms with Gasteiger partial charge in [-0.2, -0.15) is 0 Å². The third-order valence-electron chi connectivity index (χ3n) is 4.36. The number of likely N-dealkylation sites (N-methyl/N-ethyl adjacent to an activating group) is 1. The van der Waals surface area contributed by atoms with Gasteiger partial charge < -0.3 is 19.7 Å². The minimum Gasteiger partial charge on any atom is -0.377 e. The van der Waals surface area contributed by atoms with Gasteiger partial charge in [0, 0.05) is 26.2 Å². The quantitative estimate of drug-likeness (QED) is 0.742. The number of nitrogens with one attached hydrogen (secondary N) is 1. The van der Waals surface area contributed by atoms with Gasteiger partial charge in [0.25, 0.3) is 0 Å². The summed E-state index contributed by atoms with van der Waals surface area (Å²) in [6, 6.07) is 0. The number of ether oxygens (including phenoxy) is 2. The maximum Gasteiger partial charge on any atom is 0.0826 e. The molecule has 19 heavy (non-hydrogen) atoms. The summed E-state index contributed by atoms with van der Waals surface area (Å²) < 4.78 is 11.7. The minimum atomic E-state index is 0.340. The molecule has 1 N–H and O–H groups in total. The van der Waals surface area contributed by atoms with E-state index in [2.05, 4.69) is 24.2 Å². The van der Waals surface area contributed by atoms with E-state index in [1.165, 1.54) is 25.7 Å². The smallest absolute Gasteiger partial charge is 0.0826 e. The Bertz CT molecular complexity index is 250. The van der Waals surface area contributed by atoms with E-state index in [-0.39, 0.29) is 0 Å². The molecular weight excluding hydrogens is 240 g/mol. The van der Waals surface area contributed by atoms with Crippen LogP contribution in [0.15, 0.2) is 0 Å². The Morgan fingerprint density at radius 2 is 2.16 bits per heavy atom. The van der Waals surface area contributed by atoms with E-state index >= 15 is 0 Å². The van der Waals surface area contributed by atoms with Gasteiger partial charge in [-0.15, -0.1) is 0 Å². The first-order valence-electron chi connectivity index (χ1n) is 7.88. The standard InChI is InChI=1S/C15H30N2O2/c1-13-5-3-4-6-15(13)19-9-7-16-11-14-12-17(2)8-10-18-14/h13-16H,3-12H2,1-2H3/t13-,14-,15+/m1/s1. The molecule has 1 saturated carbocycles. The number of hydrogen-bond donors (Lipinski definition) is 1. The van der Waals surface area contributed by atoms with Gasteiger partial charge in [0.15, 0.2) is 0 Å². The molecule has 0 spiro atoms. The monoisotopic (exact) mass is 270 g/mol. The van der Waals surface area contributed by atoms with E-state index in [0.29, 0.717) is 12.2 Å². The Balaban J connectivity index is 1.49. The molecule has 0 unspecified atom stereocenters. The molecular formula is C15H30N2O2. The van der Waals surface area contributed by atoms with Crippen molar-refractivity contribution in [1.29, 1.82) is 0 Å². The summed E-state index contributed by atoms with van der Waals surface area (Å²) in [6.45, 7) is 7.98. The SMILES string of the molecule is C[C@@H]1CCCC[C@@H]1OCCNC[C@@H]1CN(C)CCO1. The van der Waals surface area contributed by atoms with Gasteiger partial charge in [0.05, 0.1) is 25.4 Å². The molecule has 4 nitrogen and oxygen atoms in total. The highest BCUT2D eigenvalue weighted by Crippen LogP contribution is 2.25. The van der Waals surface area contributed by atoms with Crippen LogP contribution >= 0.6 is 0 Å². The Morgan fingerprint density at radius 1 is 1.32 bits per heavy atom. The minimum absolute atomic E-state index is 0.340. The van der Waals surface area contributed by atoms with E-state index in [0.717, 1.165) is 45.3 Å². The molecule has 1 aliphatic heterocycles. The summed E-state index contributed by atoms with van der Waals surface area (Å²) in [5.41, 5.74) is 0. The van der Waals surface area contributed by atoms with Crippen LogP contribution in [0, 0.1) is 5.92 Å². The van der Waals surface area contributed by atoms with E-state index in [4.69, 9.17) is 9.47 Å². The van der Waals surface area contributed by atoms with Crippen molar-refractivity contribution in [2.24, 2.45) is 5.92 Å². The lowest BCUT2D eigenvalue weighted by Crippen LogP contribution is -2.45. The highest BCUT2D eigenvalue weighted by molar-refractivity contribution is 4.73. The maximum atomic E-state index is 5.99. The maximum absolute atomic E-state index is 5.99. The van der Waals surface area contributed by atoms with Gasteiger partial charge in [-0.3, -0.25) is 0 Å². The first-order valence-corrected chi connectivity index (χ1v) is 7.88. The van der Waals surface area contributed by atoms with E-state index in [9.17, 15) is 0 Å². The van der Waals surface area contributed by atoms with Crippen LogP contribution in [0.2, 0.25) is 0 Å². The van der Waals surface area contributed by atoms with Crippen LogP contribution in [0.25, 0.3) is 0 Å². The van der Waals surface area contributed by atoms with Crippen LogP contribution < -0.4 is 5.32 Å². The molecule has 0 radical (unpaired) electrons. The third kappa shape index (κ3) is 5.38. The molecule has 2 fully saturated rings. The lowest BCUT2D eigenvalue weighted by molar-refractivity contribution is -0.0230. The molecule has 0 bridgehead atoms. The summed E-state index contributed by atoms with van der Waals surface area (Å²) in [4.78, 5) is 2.33. The summed E-state index contributed by atoms with van der Waals surface area (Å²) in [5.74, 6) is 0.740. The van der Waals surface area contributed by atoms with Crippen LogP contribution in [0.5, 0.6) is 0 Å². The van der Waals surface area contributed by atoms with Crippen LogP contribution in [-0.4, -0.2) is 63.5 Å². The zero-order valence-corrected chi connectivity index (χ0v) is 12.6. The molecule has 2 rings (SSSR count). The summed E-state index contributed by atoms with van der Waals surface area (Å²) in [5, 5.41) is 3.45. The van der Waals surface area contributed by atoms with Crippen molar-refractivity contribution in [3.8, 4) is 0 Å². The predicted molar refractivity (Wildman–Crippen MR) is 77.5 cm³/mol. The number of hydrogen-bond acceptors (Lipinski definition) is 4. The molecule has 0 amide bonds. The number of rotatable bonds is 6. The molecule has 4 heteroatoms. The lowest BCUT2D eigenvalue weighted by Gasteiger charge is -2.30. The van der Waals surface area contributed by atoms with Gasteiger partial charge >= 0.3 is 0 Å². The Kier molecular flexibility index (Phi) is 6.57. The van der Waals surface area contributed by atoms with Crippen molar-refractivity contribution < 1.29 is 9.47 Å². The third-order valence-corrected chi connectivity index (χ3v) is 4.36. The number of nitrogens with zero attached hydrogens (tertiary/aromatic N) is 1. The van der Waals surface area contributed by atoms with Crippen LogP contribution in [-0.2, 0) is 9.47 Å². The topological polar surface area (TPSA) is 33.7 Å². The molecule has 3 atom stereocenters. The van der Waals surface area contributed by atoms with Crippen LogP contribution in [0.1, 0.15) is 32.6 Å². The second-order valence-corrected chi connectivity index (χ2v) is 6.13. The fourth-order valence-electron chi connectivity index (χ4n) is 3.07. The average molecular weight is 270 g/mol. The number of morpholine rings is 1. The fourth-order valence-corrected chi connectivity index (χ4v) is 3.07. The first kappa shape index (κ1) is 15.2. The zero-order chi connectivity index (χ0) is 13.5. The summed E-state index contributed by atoms with van der Waals surface area (Å²) in [7, 11) is 2.16. The Morgan fingerprint density at radius 3 is 2.95 bits per heavy atom. The lowest BCUT2D eigenvalue weighted by atomic mass is 9.88. The van der Waals surface area contributed by atoms with Crippen LogP contribution in [0.3, 0.4) is 0 Å². The highest BCUT2D eigenvalue weighted by Gasteiger charge is 2.21. The first-order chi connectivity index (χ1) is 9.25. The molecule has 2 aliphatic rings. The highest BCUT2D eigenvalue weighted by atomic mass is 16.5. The normalized spacial score (nSPS) is 33.5. The Hall–Kier alpha value is -0.160. The van der Waals surface area contributed by atoms with Crippen molar-refractivity contribution >= 4 is 0 Å². The fraction of sp³-hybridized carbons (Fsp3) is 1.00. The second-order valence-electron chi connectivity index (χ2n) is 6.13. The zero-order valence-electron chi connectivity index (χ0n) is 12.6. The van der Waals surface area contributed by atoms with Crippen molar-refractivity contribution in [3.63, 3.8) is 0 Å². The van der Waals surface area contributed by atoms with Crippen molar-refractivity contribution in [2.75, 3.05) is 46.4 Å². The summed E-state index contributed by atoms with van der Waals surface area (Å²) in [6.07, 6.45) is 6.13. The van der Waals surface area contributed by atoms with Gasteiger partial charge in [0.1, 0.15) is 0 Å². The second kappa shape index (κ2) is 8.20. The predicted octanol–water partition coefficient (Wildman–Crippen LogP) is 1.50. The van der Waals surface area contributed by atoms with Crippen molar-refractivity contribution in [1.82, 2.24) is 10.2 Å². The molecule has 0 aromatic carbocycles. The summed E-state index contributed by atoms with van der Waals surface area (Å²) >= 11 is 0. The Labute approximate surface area is 117 Å². The van der Waals surface area contributed by atoms with Gasteiger partial charge in [-0.1, -0.05) is 19.8 Å². The van der Waals surface area contributed by atoms with Gasteiger partial charge in [-0.05, 0) is 25.8 Å². The van der Waals surface area contributed by atoms with E-state index < -0.39 is 0 Å². The molecule has 1 heterocycles.